The largest absolute Gasteiger partial charge is 0.396 e. The molecule has 0 radical (unpaired) electrons. The van der Waals surface area contributed by atoms with Gasteiger partial charge in [0.2, 0.25) is 0 Å². The van der Waals surface area contributed by atoms with Crippen LogP contribution < -0.4 is 10.6 Å². The molecule has 1 aliphatic rings. The van der Waals surface area contributed by atoms with E-state index in [-0.39, 0.29) is 0 Å². The highest BCUT2D eigenvalue weighted by molar-refractivity contribution is 8.00. The first kappa shape index (κ1) is 13.0. The topological polar surface area (TPSA) is 65.9 Å². The highest BCUT2D eigenvalue weighted by Gasteiger charge is 2.24. The third-order valence-corrected chi connectivity index (χ3v) is 4.55. The molecule has 2 heterocycles. The molecule has 0 aliphatic carbocycles. The summed E-state index contributed by atoms with van der Waals surface area (Å²) in [4.78, 5) is 6.57. The molecule has 18 heavy (non-hydrogen) atoms. The van der Waals surface area contributed by atoms with E-state index in [1.807, 2.05) is 23.9 Å². The van der Waals surface area contributed by atoms with Crippen LogP contribution in [0.3, 0.4) is 0 Å². The fourth-order valence-corrected chi connectivity index (χ4v) is 3.07. The number of nitrogens with two attached hydrogens (primary N) is 1. The quantitative estimate of drug-likeness (QED) is 0.841. The number of rotatable bonds is 1. The van der Waals surface area contributed by atoms with Gasteiger partial charge in [-0.25, -0.2) is 4.98 Å². The summed E-state index contributed by atoms with van der Waals surface area (Å²) in [5.74, 6) is 1.94. The standard InChI is InChI=1S/C13H18N4S/c1-13(2)5-6-17(7-8-18-13)12-4-3-10(15)11(9-14)16-12/h3-4H,5-8,15H2,1-2H3. The fraction of sp³-hybridized carbons (Fsp3) is 0.538. The molecule has 0 aromatic carbocycles. The van der Waals surface area contributed by atoms with Gasteiger partial charge in [-0.2, -0.15) is 17.0 Å². The van der Waals surface area contributed by atoms with Gasteiger partial charge >= 0.3 is 0 Å². The van der Waals surface area contributed by atoms with Gasteiger partial charge in [0.25, 0.3) is 0 Å². The second-order valence-corrected chi connectivity index (χ2v) is 6.87. The van der Waals surface area contributed by atoms with Gasteiger partial charge in [-0.05, 0) is 18.6 Å². The average Bonchev–Trinajstić information content (AvgIpc) is 2.51. The second-order valence-electron chi connectivity index (χ2n) is 5.06. The molecule has 1 fully saturated rings. The average molecular weight is 262 g/mol. The van der Waals surface area contributed by atoms with Gasteiger partial charge in [0.15, 0.2) is 5.69 Å². The van der Waals surface area contributed by atoms with E-state index in [1.54, 1.807) is 6.07 Å². The van der Waals surface area contributed by atoms with Crippen LogP contribution in [0.15, 0.2) is 12.1 Å². The van der Waals surface area contributed by atoms with E-state index < -0.39 is 0 Å². The summed E-state index contributed by atoms with van der Waals surface area (Å²) in [5, 5.41) is 8.96. The molecule has 2 N–H and O–H groups in total. The first-order valence-corrected chi connectivity index (χ1v) is 7.06. The van der Waals surface area contributed by atoms with Crippen molar-refractivity contribution in [3.05, 3.63) is 17.8 Å². The van der Waals surface area contributed by atoms with E-state index in [9.17, 15) is 0 Å². The minimum Gasteiger partial charge on any atom is -0.396 e. The molecule has 5 heteroatoms. The molecule has 1 aromatic heterocycles. The van der Waals surface area contributed by atoms with Crippen LogP contribution in [0.1, 0.15) is 26.0 Å². The summed E-state index contributed by atoms with van der Waals surface area (Å²) < 4.78 is 0.320. The minimum absolute atomic E-state index is 0.320. The summed E-state index contributed by atoms with van der Waals surface area (Å²) in [6.45, 7) is 6.49. The van der Waals surface area contributed by atoms with Crippen LogP contribution in [0.5, 0.6) is 0 Å². The monoisotopic (exact) mass is 262 g/mol. The van der Waals surface area contributed by atoms with E-state index in [2.05, 4.69) is 23.7 Å². The van der Waals surface area contributed by atoms with Crippen LogP contribution in [0.4, 0.5) is 11.5 Å². The predicted octanol–water partition coefficient (Wildman–Crippen LogP) is 2.26. The van der Waals surface area contributed by atoms with Gasteiger partial charge in [-0.15, -0.1) is 0 Å². The number of aromatic nitrogens is 1. The molecule has 4 nitrogen and oxygen atoms in total. The number of pyridine rings is 1. The zero-order valence-corrected chi connectivity index (χ0v) is 11.6. The second kappa shape index (κ2) is 5.07. The highest BCUT2D eigenvalue weighted by Crippen LogP contribution is 2.32. The lowest BCUT2D eigenvalue weighted by atomic mass is 10.1. The SMILES string of the molecule is CC1(C)CCN(c2ccc(N)c(C#N)n2)CCS1. The van der Waals surface area contributed by atoms with Crippen molar-refractivity contribution in [1.82, 2.24) is 4.98 Å². The molecule has 0 bridgehead atoms. The molecule has 0 amide bonds. The lowest BCUT2D eigenvalue weighted by Gasteiger charge is -2.23. The van der Waals surface area contributed by atoms with Crippen molar-refractivity contribution in [1.29, 1.82) is 5.26 Å². The molecule has 1 aromatic rings. The maximum absolute atomic E-state index is 8.96. The predicted molar refractivity (Wildman–Crippen MR) is 76.7 cm³/mol. The van der Waals surface area contributed by atoms with Crippen LogP contribution in [0, 0.1) is 11.3 Å². The molecule has 96 valence electrons. The minimum atomic E-state index is 0.320. The summed E-state index contributed by atoms with van der Waals surface area (Å²) in [6, 6.07) is 5.71. The van der Waals surface area contributed by atoms with Gasteiger partial charge in [0.1, 0.15) is 11.9 Å². The molecule has 0 saturated carbocycles. The number of thioether (sulfide) groups is 1. The summed E-state index contributed by atoms with van der Waals surface area (Å²) in [6.07, 6.45) is 1.12. The molecule has 0 spiro atoms. The van der Waals surface area contributed by atoms with Gasteiger partial charge < -0.3 is 10.6 Å². The Balaban J connectivity index is 2.19. The smallest absolute Gasteiger partial charge is 0.165 e. The Hall–Kier alpha value is -1.41. The van der Waals surface area contributed by atoms with Crippen LogP contribution in [-0.2, 0) is 0 Å². The van der Waals surface area contributed by atoms with E-state index in [4.69, 9.17) is 11.0 Å². The molecular formula is C13H18N4S. The third-order valence-electron chi connectivity index (χ3n) is 3.18. The van der Waals surface area contributed by atoms with Gasteiger partial charge in [0, 0.05) is 23.6 Å². The van der Waals surface area contributed by atoms with Gasteiger partial charge in [-0.1, -0.05) is 13.8 Å². The highest BCUT2D eigenvalue weighted by atomic mass is 32.2. The van der Waals surface area contributed by atoms with E-state index >= 15 is 0 Å². The molecular weight excluding hydrogens is 244 g/mol. The number of hydrogen-bond donors (Lipinski definition) is 1. The first-order chi connectivity index (χ1) is 8.52. The van der Waals surface area contributed by atoms with Crippen molar-refractivity contribution in [2.24, 2.45) is 0 Å². The van der Waals surface area contributed by atoms with Crippen molar-refractivity contribution >= 4 is 23.3 Å². The molecule has 1 aliphatic heterocycles. The Labute approximate surface area is 112 Å². The Morgan fingerprint density at radius 3 is 2.94 bits per heavy atom. The molecule has 0 unspecified atom stereocenters. The third kappa shape index (κ3) is 2.88. The van der Waals surface area contributed by atoms with E-state index in [1.165, 1.54) is 0 Å². The van der Waals surface area contributed by atoms with Gasteiger partial charge in [-0.3, -0.25) is 0 Å². The normalized spacial score (nSPS) is 19.1. The van der Waals surface area contributed by atoms with Crippen LogP contribution in [-0.4, -0.2) is 28.6 Å². The van der Waals surface area contributed by atoms with Crippen LogP contribution in [0.25, 0.3) is 0 Å². The number of nitrogens with zero attached hydrogens (tertiary/aromatic N) is 3. The van der Waals surface area contributed by atoms with Crippen molar-refractivity contribution in [2.45, 2.75) is 25.0 Å². The van der Waals surface area contributed by atoms with Crippen molar-refractivity contribution in [2.75, 3.05) is 29.5 Å². The summed E-state index contributed by atoms with van der Waals surface area (Å²) in [7, 11) is 0. The summed E-state index contributed by atoms with van der Waals surface area (Å²) in [5.41, 5.74) is 6.47. The van der Waals surface area contributed by atoms with E-state index in [0.717, 1.165) is 31.1 Å². The van der Waals surface area contributed by atoms with Crippen LogP contribution in [0.2, 0.25) is 0 Å². The van der Waals surface area contributed by atoms with E-state index in [0.29, 0.717) is 16.1 Å². The number of anilines is 2. The Kier molecular flexibility index (Phi) is 3.67. The first-order valence-electron chi connectivity index (χ1n) is 6.07. The van der Waals surface area contributed by atoms with Gasteiger partial charge in [0.05, 0.1) is 5.69 Å². The molecule has 0 atom stereocenters. The number of nitriles is 1. The maximum atomic E-state index is 8.96. The lowest BCUT2D eigenvalue weighted by molar-refractivity contribution is 0.635. The van der Waals surface area contributed by atoms with Crippen molar-refractivity contribution in [3.8, 4) is 6.07 Å². The number of nitrogen functional groups attached to an aromatic ring is 1. The maximum Gasteiger partial charge on any atom is 0.165 e. The number of hydrogen-bond acceptors (Lipinski definition) is 5. The Morgan fingerprint density at radius 1 is 1.44 bits per heavy atom. The Bertz CT molecular complexity index is 478. The zero-order chi connectivity index (χ0) is 13.2. The van der Waals surface area contributed by atoms with Crippen molar-refractivity contribution in [3.63, 3.8) is 0 Å². The molecule has 1 saturated heterocycles. The van der Waals surface area contributed by atoms with Crippen molar-refractivity contribution < 1.29 is 0 Å². The molecule has 2 rings (SSSR count). The lowest BCUT2D eigenvalue weighted by Crippen LogP contribution is -2.28. The Morgan fingerprint density at radius 2 is 2.22 bits per heavy atom. The fourth-order valence-electron chi connectivity index (χ4n) is 1.97. The summed E-state index contributed by atoms with van der Waals surface area (Å²) >= 11 is 1.99. The zero-order valence-electron chi connectivity index (χ0n) is 10.8. The van der Waals surface area contributed by atoms with Crippen LogP contribution >= 0.6 is 11.8 Å².